The minimum atomic E-state index is -0.482. The molecule has 2 unspecified atom stereocenters. The standard InChI is InChI=1S/C27H33N5OS/c1-3-24-30-25-26(28-21-13-9-4-5-10-14-22(21)29-27(25)34-24)32-16-15-31(2)20(18-32)17-23(33)19-11-7-6-8-12-19/h4-12,20,23,29,33H,3,13-18H2,1-2H3/b9-4?,10-5-. The molecule has 178 valence electrons. The third-order valence-corrected chi connectivity index (χ3v) is 7.93. The molecular weight excluding hydrogens is 442 g/mol. The van der Waals surface area contributed by atoms with Crippen molar-refractivity contribution in [3.63, 3.8) is 0 Å². The lowest BCUT2D eigenvalue weighted by atomic mass is 9.99. The zero-order valence-corrected chi connectivity index (χ0v) is 20.8. The van der Waals surface area contributed by atoms with E-state index in [1.807, 2.05) is 30.3 Å². The number of anilines is 1. The average molecular weight is 476 g/mol. The number of amidine groups is 1. The van der Waals surface area contributed by atoms with Crippen molar-refractivity contribution in [3.8, 4) is 0 Å². The van der Waals surface area contributed by atoms with Crippen LogP contribution < -0.4 is 5.32 Å². The van der Waals surface area contributed by atoms with Gasteiger partial charge in [-0.2, -0.15) is 0 Å². The summed E-state index contributed by atoms with van der Waals surface area (Å²) in [7, 11) is 2.16. The number of aliphatic imine (C=N–C) groups is 1. The number of rotatable bonds is 4. The lowest BCUT2D eigenvalue weighted by Crippen LogP contribution is -2.54. The van der Waals surface area contributed by atoms with Crippen molar-refractivity contribution in [2.45, 2.75) is 44.8 Å². The third kappa shape index (κ3) is 4.87. The summed E-state index contributed by atoms with van der Waals surface area (Å²) < 4.78 is 0. The molecule has 0 amide bonds. The summed E-state index contributed by atoms with van der Waals surface area (Å²) in [5.41, 5.74) is 4.18. The fourth-order valence-electron chi connectivity index (χ4n) is 4.75. The van der Waals surface area contributed by atoms with Crippen LogP contribution in [-0.4, -0.2) is 58.4 Å². The SMILES string of the molecule is CCc1nc2c(s1)NC1=C(CC=C/C=C\C1)N=C2N1CCN(C)C(CC(O)c2ccccc2)C1. The van der Waals surface area contributed by atoms with E-state index in [1.165, 1.54) is 0 Å². The first kappa shape index (κ1) is 23.0. The zero-order valence-electron chi connectivity index (χ0n) is 19.9. The number of aliphatic hydroxyl groups is 1. The number of hydrogen-bond donors (Lipinski definition) is 2. The minimum absolute atomic E-state index is 0.226. The van der Waals surface area contributed by atoms with E-state index in [-0.39, 0.29) is 6.04 Å². The van der Waals surface area contributed by atoms with Crippen LogP contribution in [0.2, 0.25) is 0 Å². The summed E-state index contributed by atoms with van der Waals surface area (Å²) in [4.78, 5) is 15.0. The van der Waals surface area contributed by atoms with Gasteiger partial charge >= 0.3 is 0 Å². The van der Waals surface area contributed by atoms with Crippen molar-refractivity contribution in [2.24, 2.45) is 4.99 Å². The predicted octanol–water partition coefficient (Wildman–Crippen LogP) is 4.74. The summed E-state index contributed by atoms with van der Waals surface area (Å²) in [6, 6.07) is 10.2. The van der Waals surface area contributed by atoms with E-state index in [1.54, 1.807) is 11.3 Å². The topological polar surface area (TPSA) is 64.0 Å². The fraction of sp³-hybridized carbons (Fsp3) is 0.407. The average Bonchev–Trinajstić information content (AvgIpc) is 3.19. The Kier molecular flexibility index (Phi) is 6.94. The van der Waals surface area contributed by atoms with Gasteiger partial charge in [-0.1, -0.05) is 61.6 Å². The first-order valence-corrected chi connectivity index (χ1v) is 13.0. The van der Waals surface area contributed by atoms with E-state index in [4.69, 9.17) is 9.98 Å². The number of aryl methyl sites for hydroxylation is 1. The van der Waals surface area contributed by atoms with E-state index >= 15 is 0 Å². The maximum Gasteiger partial charge on any atom is 0.158 e. The van der Waals surface area contributed by atoms with E-state index in [9.17, 15) is 5.11 Å². The Morgan fingerprint density at radius 3 is 2.74 bits per heavy atom. The quantitative estimate of drug-likeness (QED) is 0.669. The molecule has 1 aromatic heterocycles. The largest absolute Gasteiger partial charge is 0.388 e. The molecular formula is C27H33N5OS. The number of hydrogen-bond acceptors (Lipinski definition) is 7. The Hall–Kier alpha value is -2.74. The minimum Gasteiger partial charge on any atom is -0.388 e. The van der Waals surface area contributed by atoms with Crippen LogP contribution in [0.4, 0.5) is 5.00 Å². The van der Waals surface area contributed by atoms with Crippen LogP contribution >= 0.6 is 11.3 Å². The van der Waals surface area contributed by atoms with Crippen LogP contribution in [0.5, 0.6) is 0 Å². The van der Waals surface area contributed by atoms with Crippen LogP contribution in [0.1, 0.15) is 48.6 Å². The van der Waals surface area contributed by atoms with E-state index in [2.05, 4.69) is 53.4 Å². The molecule has 1 saturated heterocycles. The highest BCUT2D eigenvalue weighted by Gasteiger charge is 2.32. The molecule has 6 nitrogen and oxygen atoms in total. The molecule has 2 aliphatic heterocycles. The molecule has 0 bridgehead atoms. The second-order valence-corrected chi connectivity index (χ2v) is 10.2. The molecule has 2 aromatic rings. The number of nitrogens with zero attached hydrogens (tertiary/aromatic N) is 4. The summed E-state index contributed by atoms with van der Waals surface area (Å²) in [6.07, 6.45) is 11.3. The Bertz CT molecular complexity index is 1130. The molecule has 1 aliphatic carbocycles. The number of aliphatic hydroxyl groups excluding tert-OH is 1. The number of aromatic nitrogens is 1. The number of benzene rings is 1. The third-order valence-electron chi connectivity index (χ3n) is 6.81. The molecule has 34 heavy (non-hydrogen) atoms. The maximum absolute atomic E-state index is 10.9. The number of nitrogens with one attached hydrogen (secondary N) is 1. The highest BCUT2D eigenvalue weighted by atomic mass is 32.1. The number of thiazole rings is 1. The Labute approximate surface area is 206 Å². The second-order valence-electron chi connectivity index (χ2n) is 9.13. The summed E-state index contributed by atoms with van der Waals surface area (Å²) in [5, 5.41) is 16.8. The first-order chi connectivity index (χ1) is 16.6. The van der Waals surface area contributed by atoms with Gasteiger partial charge in [0.2, 0.25) is 0 Å². The molecule has 3 aliphatic rings. The molecule has 0 spiro atoms. The van der Waals surface area contributed by atoms with Crippen LogP contribution in [0.15, 0.2) is 71.0 Å². The molecule has 5 rings (SSSR count). The van der Waals surface area contributed by atoms with Gasteiger partial charge in [0.05, 0.1) is 16.8 Å². The van der Waals surface area contributed by atoms with Crippen molar-refractivity contribution in [2.75, 3.05) is 32.0 Å². The van der Waals surface area contributed by atoms with Gasteiger partial charge in [0.25, 0.3) is 0 Å². The molecule has 0 radical (unpaired) electrons. The monoisotopic (exact) mass is 475 g/mol. The lowest BCUT2D eigenvalue weighted by molar-refractivity contribution is 0.0768. The van der Waals surface area contributed by atoms with Crippen molar-refractivity contribution >= 4 is 22.2 Å². The van der Waals surface area contributed by atoms with Gasteiger partial charge in [0.15, 0.2) is 5.84 Å². The lowest BCUT2D eigenvalue weighted by Gasteiger charge is -2.41. The first-order valence-electron chi connectivity index (χ1n) is 12.2. The van der Waals surface area contributed by atoms with Gasteiger partial charge in [-0.05, 0) is 25.5 Å². The van der Waals surface area contributed by atoms with Crippen LogP contribution in [0, 0.1) is 0 Å². The molecule has 2 atom stereocenters. The van der Waals surface area contributed by atoms with Crippen molar-refractivity contribution in [1.82, 2.24) is 14.8 Å². The molecule has 1 aromatic carbocycles. The number of allylic oxidation sites excluding steroid dienone is 4. The van der Waals surface area contributed by atoms with Crippen molar-refractivity contribution < 1.29 is 5.11 Å². The number of piperazine rings is 1. The smallest absolute Gasteiger partial charge is 0.158 e. The molecule has 7 heteroatoms. The normalized spacial score (nSPS) is 22.6. The Balaban J connectivity index is 1.45. The molecule has 0 saturated carbocycles. The summed E-state index contributed by atoms with van der Waals surface area (Å²) >= 11 is 1.74. The van der Waals surface area contributed by atoms with Gasteiger partial charge < -0.3 is 15.3 Å². The van der Waals surface area contributed by atoms with Gasteiger partial charge in [-0.3, -0.25) is 4.90 Å². The van der Waals surface area contributed by atoms with E-state index in [0.29, 0.717) is 6.42 Å². The highest BCUT2D eigenvalue weighted by Crippen LogP contribution is 2.34. The highest BCUT2D eigenvalue weighted by molar-refractivity contribution is 7.16. The molecule has 3 heterocycles. The van der Waals surface area contributed by atoms with Gasteiger partial charge in [-0.25, -0.2) is 9.98 Å². The summed E-state index contributed by atoms with van der Waals surface area (Å²) in [6.45, 7) is 4.78. The zero-order chi connectivity index (χ0) is 23.5. The van der Waals surface area contributed by atoms with Crippen molar-refractivity contribution in [1.29, 1.82) is 0 Å². The predicted molar refractivity (Wildman–Crippen MR) is 140 cm³/mol. The van der Waals surface area contributed by atoms with Crippen molar-refractivity contribution in [3.05, 3.63) is 82.3 Å². The number of fused-ring (bicyclic) bond motifs is 1. The Morgan fingerprint density at radius 2 is 1.94 bits per heavy atom. The maximum atomic E-state index is 10.9. The summed E-state index contributed by atoms with van der Waals surface area (Å²) in [5.74, 6) is 0.966. The van der Waals surface area contributed by atoms with Gasteiger partial charge in [0.1, 0.15) is 10.7 Å². The second kappa shape index (κ2) is 10.3. The molecule has 1 fully saturated rings. The van der Waals surface area contributed by atoms with Crippen LogP contribution in [0.25, 0.3) is 0 Å². The van der Waals surface area contributed by atoms with Crippen LogP contribution in [0.3, 0.4) is 0 Å². The van der Waals surface area contributed by atoms with Crippen LogP contribution in [-0.2, 0) is 6.42 Å². The van der Waals surface area contributed by atoms with Gasteiger partial charge in [0, 0.05) is 44.2 Å². The van der Waals surface area contributed by atoms with E-state index < -0.39 is 6.10 Å². The fourth-order valence-corrected chi connectivity index (χ4v) is 5.68. The number of likely N-dealkylation sites (N-methyl/N-ethyl adjacent to an activating group) is 1. The van der Waals surface area contributed by atoms with Gasteiger partial charge in [-0.15, -0.1) is 11.3 Å². The molecule has 2 N–H and O–H groups in total. The van der Waals surface area contributed by atoms with E-state index in [0.717, 1.165) is 77.4 Å². The Morgan fingerprint density at radius 1 is 1.15 bits per heavy atom.